The van der Waals surface area contributed by atoms with Crippen molar-refractivity contribution in [1.82, 2.24) is 0 Å². The molecule has 1 aliphatic carbocycles. The van der Waals surface area contributed by atoms with Gasteiger partial charge in [0.15, 0.2) is 0 Å². The zero-order valence-corrected chi connectivity index (χ0v) is 27.3. The first-order valence-corrected chi connectivity index (χ1v) is 15.3. The van der Waals surface area contributed by atoms with Crippen LogP contribution in [0.2, 0.25) is 0 Å². The summed E-state index contributed by atoms with van der Waals surface area (Å²) in [5, 5.41) is 4.36. The van der Waals surface area contributed by atoms with Gasteiger partial charge in [-0.1, -0.05) is 115 Å². The van der Waals surface area contributed by atoms with Crippen molar-refractivity contribution in [2.45, 2.75) is 72.1 Å². The number of rotatable bonds is 5. The maximum absolute atomic E-state index is 6.32. The van der Waals surface area contributed by atoms with E-state index in [2.05, 4.69) is 126 Å². The van der Waals surface area contributed by atoms with Gasteiger partial charge in [0.1, 0.15) is 11.5 Å². The molecule has 1 unspecified atom stereocenters. The highest BCUT2D eigenvalue weighted by Gasteiger charge is 2.32. The number of fused-ring (bicyclic) bond motifs is 1. The van der Waals surface area contributed by atoms with Crippen molar-refractivity contribution in [2.75, 3.05) is 14.2 Å². The average molecular weight is 575 g/mol. The summed E-state index contributed by atoms with van der Waals surface area (Å²) in [6, 6.07) is 26.3. The van der Waals surface area contributed by atoms with Crippen LogP contribution >= 0.6 is 0 Å². The third-order valence-corrected chi connectivity index (χ3v) is 8.89. The summed E-state index contributed by atoms with van der Waals surface area (Å²) in [6.45, 7) is 15.6. The summed E-state index contributed by atoms with van der Waals surface area (Å²) >= 11 is 0. The Bertz CT molecular complexity index is 1650. The minimum atomic E-state index is 0.0746. The molecular formula is C39H46N2O2. The fourth-order valence-electron chi connectivity index (χ4n) is 6.32. The number of nitrogens with two attached hydrogens (primary N) is 1. The summed E-state index contributed by atoms with van der Waals surface area (Å²) in [4.78, 5) is 0. The van der Waals surface area contributed by atoms with Gasteiger partial charge in [0, 0.05) is 33.7 Å². The lowest BCUT2D eigenvalue weighted by molar-refractivity contribution is 0.411. The van der Waals surface area contributed by atoms with Crippen LogP contribution in [-0.2, 0) is 17.3 Å². The lowest BCUT2D eigenvalue weighted by Gasteiger charge is -2.30. The van der Waals surface area contributed by atoms with Gasteiger partial charge in [-0.15, -0.1) is 0 Å². The number of aryl methyl sites for hydroxylation is 1. The summed E-state index contributed by atoms with van der Waals surface area (Å²) in [5.41, 5.74) is 12.2. The van der Waals surface area contributed by atoms with Crippen molar-refractivity contribution >= 4 is 5.71 Å². The van der Waals surface area contributed by atoms with Crippen molar-refractivity contribution in [2.24, 2.45) is 16.9 Å². The van der Waals surface area contributed by atoms with Crippen LogP contribution in [0.1, 0.15) is 77.1 Å². The molecule has 1 aliphatic rings. The van der Waals surface area contributed by atoms with Gasteiger partial charge >= 0.3 is 0 Å². The van der Waals surface area contributed by atoms with Crippen LogP contribution in [0.3, 0.4) is 0 Å². The highest BCUT2D eigenvalue weighted by Crippen LogP contribution is 2.50. The minimum Gasteiger partial charge on any atom is -0.495 e. The molecule has 0 heterocycles. The van der Waals surface area contributed by atoms with E-state index in [0.717, 1.165) is 69.0 Å². The van der Waals surface area contributed by atoms with Gasteiger partial charge in [-0.2, -0.15) is 5.10 Å². The molecule has 0 radical (unpaired) electrons. The maximum atomic E-state index is 6.32. The molecule has 224 valence electrons. The second-order valence-corrected chi connectivity index (χ2v) is 13.9. The Labute approximate surface area is 258 Å². The van der Waals surface area contributed by atoms with E-state index in [1.165, 1.54) is 16.7 Å². The number of hydrogen-bond acceptors (Lipinski definition) is 4. The van der Waals surface area contributed by atoms with Gasteiger partial charge in [-0.25, -0.2) is 0 Å². The minimum absolute atomic E-state index is 0.0746. The quantitative estimate of drug-likeness (QED) is 0.191. The van der Waals surface area contributed by atoms with Gasteiger partial charge in [0.25, 0.3) is 0 Å². The number of hydrazone groups is 1. The van der Waals surface area contributed by atoms with Crippen molar-refractivity contribution in [3.8, 4) is 44.9 Å². The van der Waals surface area contributed by atoms with E-state index < -0.39 is 0 Å². The molecule has 43 heavy (non-hydrogen) atoms. The Kier molecular flexibility index (Phi) is 8.17. The number of benzene rings is 4. The highest BCUT2D eigenvalue weighted by atomic mass is 16.5. The van der Waals surface area contributed by atoms with E-state index in [1.54, 1.807) is 14.2 Å². The molecule has 0 bridgehead atoms. The molecule has 0 fully saturated rings. The molecule has 1 atom stereocenters. The Morgan fingerprint density at radius 3 is 1.67 bits per heavy atom. The van der Waals surface area contributed by atoms with Crippen LogP contribution < -0.4 is 15.3 Å². The van der Waals surface area contributed by atoms with E-state index in [1.807, 2.05) is 0 Å². The fraction of sp³-hybridized carbons (Fsp3) is 0.359. The molecular weight excluding hydrogens is 528 g/mol. The molecule has 0 saturated heterocycles. The Morgan fingerprint density at radius 1 is 0.674 bits per heavy atom. The molecule has 4 aromatic carbocycles. The Hall–Kier alpha value is -4.05. The zero-order valence-electron chi connectivity index (χ0n) is 27.3. The van der Waals surface area contributed by atoms with Crippen LogP contribution in [0.25, 0.3) is 33.4 Å². The van der Waals surface area contributed by atoms with Gasteiger partial charge in [-0.3, -0.25) is 0 Å². The number of hydrogen-bond donors (Lipinski definition) is 1. The van der Waals surface area contributed by atoms with E-state index in [9.17, 15) is 0 Å². The second kappa shape index (κ2) is 11.6. The van der Waals surface area contributed by atoms with Gasteiger partial charge in [0.05, 0.1) is 19.9 Å². The van der Waals surface area contributed by atoms with Gasteiger partial charge in [-0.05, 0) is 57.6 Å². The summed E-state index contributed by atoms with van der Waals surface area (Å²) in [6.07, 6.45) is 1.93. The monoisotopic (exact) mass is 574 g/mol. The topological polar surface area (TPSA) is 56.8 Å². The molecule has 0 amide bonds. The maximum Gasteiger partial charge on any atom is 0.135 e. The Balaban J connectivity index is 1.80. The van der Waals surface area contributed by atoms with Crippen molar-refractivity contribution < 1.29 is 9.47 Å². The normalized spacial score (nSPS) is 16.2. The molecule has 0 aromatic heterocycles. The van der Waals surface area contributed by atoms with Crippen molar-refractivity contribution in [3.05, 3.63) is 95.1 Å². The molecule has 0 aliphatic heterocycles. The van der Waals surface area contributed by atoms with Crippen LogP contribution in [-0.4, -0.2) is 19.9 Å². The van der Waals surface area contributed by atoms with E-state index in [4.69, 9.17) is 15.3 Å². The number of ether oxygens (including phenoxy) is 2. The number of para-hydroxylation sites is 1. The third kappa shape index (κ3) is 5.68. The third-order valence-electron chi connectivity index (χ3n) is 8.89. The van der Waals surface area contributed by atoms with Crippen LogP contribution in [0.4, 0.5) is 0 Å². The van der Waals surface area contributed by atoms with Crippen LogP contribution in [0, 0.1) is 5.92 Å². The van der Waals surface area contributed by atoms with Crippen molar-refractivity contribution in [1.29, 1.82) is 0 Å². The van der Waals surface area contributed by atoms with Gasteiger partial charge < -0.3 is 15.3 Å². The first kappa shape index (κ1) is 30.4. The van der Waals surface area contributed by atoms with Crippen molar-refractivity contribution in [3.63, 3.8) is 0 Å². The molecule has 2 N–H and O–H groups in total. The molecule has 4 aromatic rings. The molecule has 4 heteroatoms. The zero-order chi connectivity index (χ0) is 31.1. The van der Waals surface area contributed by atoms with Crippen LogP contribution in [0.15, 0.2) is 77.9 Å². The molecule has 4 nitrogen and oxygen atoms in total. The first-order chi connectivity index (χ1) is 20.4. The largest absolute Gasteiger partial charge is 0.495 e. The smallest absolute Gasteiger partial charge is 0.135 e. The lowest BCUT2D eigenvalue weighted by Crippen LogP contribution is -2.24. The van der Waals surface area contributed by atoms with E-state index in [0.29, 0.717) is 0 Å². The SMILES string of the molecule is COc1c(-c2ccc(C(C)(C)C)cc2)cccc1-c1c(OC)c(-c2ccc(C(C)(C)C)cc2)cc2c1/C(=N/N)C(C)CC2. The highest BCUT2D eigenvalue weighted by molar-refractivity contribution is 6.12. The standard InChI is InChI=1S/C39H46N2O2/c1-24-13-14-27-23-32(26-17-21-29(22-18-26)39(5,6)7)37(43-9)34(33(27)35(24)41-40)31-12-10-11-30(36(31)42-8)25-15-19-28(20-16-25)38(2,3)4/h10-12,15-24H,13-14,40H2,1-9H3/b41-35+. The van der Waals surface area contributed by atoms with Gasteiger partial charge in [0.2, 0.25) is 0 Å². The Morgan fingerprint density at radius 2 is 1.19 bits per heavy atom. The lowest BCUT2D eigenvalue weighted by atomic mass is 9.76. The molecule has 0 saturated carbocycles. The van der Waals surface area contributed by atoms with Crippen LogP contribution in [0.5, 0.6) is 11.5 Å². The average Bonchev–Trinajstić information content (AvgIpc) is 2.99. The van der Waals surface area contributed by atoms with E-state index in [-0.39, 0.29) is 16.7 Å². The molecule has 5 rings (SSSR count). The first-order valence-electron chi connectivity index (χ1n) is 15.3. The summed E-state index contributed by atoms with van der Waals surface area (Å²) < 4.78 is 12.6. The number of nitrogens with zero attached hydrogens (tertiary/aromatic N) is 1. The summed E-state index contributed by atoms with van der Waals surface area (Å²) in [7, 11) is 3.51. The fourth-order valence-corrected chi connectivity index (χ4v) is 6.32. The van der Waals surface area contributed by atoms with E-state index >= 15 is 0 Å². The second-order valence-electron chi connectivity index (χ2n) is 13.9. The number of methoxy groups -OCH3 is 2. The predicted octanol–water partition coefficient (Wildman–Crippen LogP) is 9.54. The molecule has 0 spiro atoms. The predicted molar refractivity (Wildman–Crippen MR) is 181 cm³/mol. The summed E-state index contributed by atoms with van der Waals surface area (Å²) in [5.74, 6) is 7.95.